The Morgan fingerprint density at radius 1 is 1.40 bits per heavy atom. The van der Waals surface area contributed by atoms with Crippen molar-refractivity contribution in [3.05, 3.63) is 53.9 Å². The van der Waals surface area contributed by atoms with Crippen LogP contribution in [0.25, 0.3) is 6.08 Å². The molecule has 5 nitrogen and oxygen atoms in total. The molecule has 20 heavy (non-hydrogen) atoms. The number of aromatic amines is 1. The summed E-state index contributed by atoms with van der Waals surface area (Å²) in [6.07, 6.45) is 6.82. The Labute approximate surface area is 117 Å². The van der Waals surface area contributed by atoms with Crippen molar-refractivity contribution in [3.8, 4) is 5.75 Å². The molecule has 2 rings (SSSR count). The van der Waals surface area contributed by atoms with Crippen LogP contribution in [0.4, 0.5) is 0 Å². The van der Waals surface area contributed by atoms with Crippen molar-refractivity contribution in [1.82, 2.24) is 15.1 Å². The predicted octanol–water partition coefficient (Wildman–Crippen LogP) is 2.09. The van der Waals surface area contributed by atoms with E-state index in [1.807, 2.05) is 24.3 Å². The molecule has 1 aromatic heterocycles. The first kappa shape index (κ1) is 13.9. The first-order chi connectivity index (χ1) is 9.69. The number of likely N-dealkylation sites (N-methyl/N-ethyl adjacent to an activating group) is 1. The third-order valence-corrected chi connectivity index (χ3v) is 2.88. The Balaban J connectivity index is 1.93. The smallest absolute Gasteiger partial charge is 0.246 e. The molecule has 0 bridgehead atoms. The van der Waals surface area contributed by atoms with Crippen LogP contribution in [0.2, 0.25) is 0 Å². The molecule has 0 saturated heterocycles. The molecule has 104 valence electrons. The number of nitrogens with zero attached hydrogens (tertiary/aromatic N) is 2. The second-order valence-corrected chi connectivity index (χ2v) is 4.41. The summed E-state index contributed by atoms with van der Waals surface area (Å²) in [5.41, 5.74) is 1.93. The average molecular weight is 271 g/mol. The molecule has 1 N–H and O–H groups in total. The molecule has 0 aliphatic carbocycles. The number of nitrogens with one attached hydrogen (secondary N) is 1. The molecule has 0 atom stereocenters. The van der Waals surface area contributed by atoms with E-state index in [1.165, 1.54) is 0 Å². The summed E-state index contributed by atoms with van der Waals surface area (Å²) in [4.78, 5) is 13.6. The molecule has 1 amide bonds. The van der Waals surface area contributed by atoms with Crippen LogP contribution in [0.1, 0.15) is 11.1 Å². The first-order valence-electron chi connectivity index (χ1n) is 6.24. The van der Waals surface area contributed by atoms with Crippen molar-refractivity contribution in [3.63, 3.8) is 0 Å². The number of rotatable bonds is 5. The zero-order valence-corrected chi connectivity index (χ0v) is 11.5. The quantitative estimate of drug-likeness (QED) is 0.847. The number of aromatic nitrogens is 2. The summed E-state index contributed by atoms with van der Waals surface area (Å²) in [6.45, 7) is 0.530. The fraction of sp³-hybridized carbons (Fsp3) is 0.200. The summed E-state index contributed by atoms with van der Waals surface area (Å²) in [5, 5.41) is 6.58. The number of methoxy groups -OCH3 is 1. The van der Waals surface area contributed by atoms with E-state index in [-0.39, 0.29) is 5.91 Å². The highest BCUT2D eigenvalue weighted by molar-refractivity contribution is 5.91. The maximum Gasteiger partial charge on any atom is 0.246 e. The molecule has 2 aromatic rings. The van der Waals surface area contributed by atoms with Gasteiger partial charge in [0, 0.05) is 31.4 Å². The van der Waals surface area contributed by atoms with Crippen molar-refractivity contribution in [2.45, 2.75) is 6.54 Å². The van der Waals surface area contributed by atoms with Gasteiger partial charge < -0.3 is 9.64 Å². The Morgan fingerprint density at radius 3 is 2.75 bits per heavy atom. The lowest BCUT2D eigenvalue weighted by molar-refractivity contribution is -0.125. The second kappa shape index (κ2) is 6.56. The highest BCUT2D eigenvalue weighted by atomic mass is 16.5. The Bertz CT molecular complexity index is 574. The lowest BCUT2D eigenvalue weighted by Crippen LogP contribution is -2.23. The van der Waals surface area contributed by atoms with Crippen molar-refractivity contribution in [2.75, 3.05) is 14.2 Å². The van der Waals surface area contributed by atoms with Crippen LogP contribution in [0, 0.1) is 0 Å². The summed E-state index contributed by atoms with van der Waals surface area (Å²) >= 11 is 0. The minimum atomic E-state index is -0.0537. The van der Waals surface area contributed by atoms with Gasteiger partial charge in [-0.3, -0.25) is 9.89 Å². The van der Waals surface area contributed by atoms with E-state index in [0.717, 1.165) is 16.9 Å². The predicted molar refractivity (Wildman–Crippen MR) is 77.1 cm³/mol. The highest BCUT2D eigenvalue weighted by Crippen LogP contribution is 2.12. The van der Waals surface area contributed by atoms with Crippen molar-refractivity contribution in [1.29, 1.82) is 0 Å². The molecule has 0 spiro atoms. The highest BCUT2D eigenvalue weighted by Gasteiger charge is 2.06. The van der Waals surface area contributed by atoms with Gasteiger partial charge in [0.2, 0.25) is 5.91 Å². The summed E-state index contributed by atoms with van der Waals surface area (Å²) in [5.74, 6) is 0.743. The molecular weight excluding hydrogens is 254 g/mol. The first-order valence-corrected chi connectivity index (χ1v) is 6.24. The number of hydrogen-bond acceptors (Lipinski definition) is 3. The lowest BCUT2D eigenvalue weighted by Gasteiger charge is -2.13. The van der Waals surface area contributed by atoms with Gasteiger partial charge in [-0.1, -0.05) is 12.1 Å². The topological polar surface area (TPSA) is 58.2 Å². The van der Waals surface area contributed by atoms with Gasteiger partial charge in [-0.05, 0) is 23.8 Å². The fourth-order valence-electron chi connectivity index (χ4n) is 1.73. The van der Waals surface area contributed by atoms with Crippen molar-refractivity contribution < 1.29 is 9.53 Å². The van der Waals surface area contributed by atoms with Crippen LogP contribution < -0.4 is 4.74 Å². The van der Waals surface area contributed by atoms with Crippen molar-refractivity contribution in [2.24, 2.45) is 0 Å². The van der Waals surface area contributed by atoms with E-state index >= 15 is 0 Å². The second-order valence-electron chi connectivity index (χ2n) is 4.41. The van der Waals surface area contributed by atoms with Gasteiger partial charge in [-0.2, -0.15) is 5.10 Å². The minimum absolute atomic E-state index is 0.0537. The number of carbonyl (C=O) groups is 1. The summed E-state index contributed by atoms with van der Waals surface area (Å²) in [6, 6.07) is 7.52. The molecule has 0 saturated carbocycles. The SMILES string of the molecule is COc1ccc(C=CC(=O)N(C)Cc2cn[nH]c2)cc1. The van der Waals surface area contributed by atoms with E-state index in [4.69, 9.17) is 4.74 Å². The Morgan fingerprint density at radius 2 is 2.15 bits per heavy atom. The Hall–Kier alpha value is -2.56. The fourth-order valence-corrected chi connectivity index (χ4v) is 1.73. The van der Waals surface area contributed by atoms with Crippen LogP contribution in [0.5, 0.6) is 5.75 Å². The molecule has 0 unspecified atom stereocenters. The molecule has 1 heterocycles. The largest absolute Gasteiger partial charge is 0.497 e. The average Bonchev–Trinajstić information content (AvgIpc) is 2.98. The number of amides is 1. The number of hydrogen-bond donors (Lipinski definition) is 1. The van der Waals surface area contributed by atoms with Crippen molar-refractivity contribution >= 4 is 12.0 Å². The zero-order chi connectivity index (χ0) is 14.4. The van der Waals surface area contributed by atoms with E-state index in [1.54, 1.807) is 43.6 Å². The molecule has 0 aliphatic heterocycles. The third-order valence-electron chi connectivity index (χ3n) is 2.88. The molecule has 0 fully saturated rings. The van der Waals surface area contributed by atoms with Crippen LogP contribution in [0.3, 0.4) is 0 Å². The van der Waals surface area contributed by atoms with Crippen LogP contribution in [-0.2, 0) is 11.3 Å². The minimum Gasteiger partial charge on any atom is -0.497 e. The number of carbonyl (C=O) groups excluding carboxylic acids is 1. The molecule has 0 radical (unpaired) electrons. The van der Waals surface area contributed by atoms with E-state index in [0.29, 0.717) is 6.54 Å². The van der Waals surface area contributed by atoms with Gasteiger partial charge in [-0.15, -0.1) is 0 Å². The van der Waals surface area contributed by atoms with E-state index < -0.39 is 0 Å². The van der Waals surface area contributed by atoms with E-state index in [2.05, 4.69) is 10.2 Å². The monoisotopic (exact) mass is 271 g/mol. The zero-order valence-electron chi connectivity index (χ0n) is 11.5. The standard InChI is InChI=1S/C15H17N3O2/c1-18(11-13-9-16-17-10-13)15(19)8-5-12-3-6-14(20-2)7-4-12/h3-10H,11H2,1-2H3,(H,16,17). The molecule has 0 aliphatic rings. The summed E-state index contributed by atoms with van der Waals surface area (Å²) in [7, 11) is 3.38. The van der Waals surface area contributed by atoms with Gasteiger partial charge in [0.1, 0.15) is 5.75 Å². The lowest BCUT2D eigenvalue weighted by atomic mass is 10.2. The maximum absolute atomic E-state index is 11.9. The Kier molecular flexibility index (Phi) is 4.55. The third kappa shape index (κ3) is 3.71. The summed E-state index contributed by atoms with van der Waals surface area (Å²) < 4.78 is 5.08. The molecule has 5 heteroatoms. The number of benzene rings is 1. The van der Waals surface area contributed by atoms with Gasteiger partial charge >= 0.3 is 0 Å². The molecule has 1 aromatic carbocycles. The van der Waals surface area contributed by atoms with Gasteiger partial charge in [0.15, 0.2) is 0 Å². The van der Waals surface area contributed by atoms with Gasteiger partial charge in [0.25, 0.3) is 0 Å². The van der Waals surface area contributed by atoms with Gasteiger partial charge in [0.05, 0.1) is 13.3 Å². The number of H-pyrrole nitrogens is 1. The van der Waals surface area contributed by atoms with Crippen LogP contribution >= 0.6 is 0 Å². The number of ether oxygens (including phenoxy) is 1. The van der Waals surface area contributed by atoms with Crippen LogP contribution in [-0.4, -0.2) is 35.2 Å². The van der Waals surface area contributed by atoms with Crippen LogP contribution in [0.15, 0.2) is 42.7 Å². The van der Waals surface area contributed by atoms with E-state index in [9.17, 15) is 4.79 Å². The van der Waals surface area contributed by atoms with Gasteiger partial charge in [-0.25, -0.2) is 0 Å². The maximum atomic E-state index is 11.9. The normalized spacial score (nSPS) is 10.7. The molecular formula is C15H17N3O2.